The Kier molecular flexibility index (Phi) is 4.56. The molecule has 0 radical (unpaired) electrons. The highest BCUT2D eigenvalue weighted by Crippen LogP contribution is 2.38. The van der Waals surface area contributed by atoms with Crippen LogP contribution in [0.1, 0.15) is 35.7 Å². The number of anilines is 1. The lowest BCUT2D eigenvalue weighted by Crippen LogP contribution is -2.20. The summed E-state index contributed by atoms with van der Waals surface area (Å²) in [6.45, 7) is 4.79. The predicted molar refractivity (Wildman–Crippen MR) is 115 cm³/mol. The second kappa shape index (κ2) is 7.37. The maximum absolute atomic E-state index is 9.61. The molecule has 3 aromatic rings. The fourth-order valence-electron chi connectivity index (χ4n) is 4.36. The number of fused-ring (bicyclic) bond motifs is 3. The Labute approximate surface area is 170 Å². The number of aromatic hydroxyl groups is 1. The number of hydrogen-bond donors (Lipinski definition) is 3. The molecule has 148 valence electrons. The van der Waals surface area contributed by atoms with Crippen LogP contribution in [-0.2, 0) is 6.54 Å². The van der Waals surface area contributed by atoms with E-state index in [9.17, 15) is 5.11 Å². The Morgan fingerprint density at radius 1 is 1.17 bits per heavy atom. The molecule has 6 heteroatoms. The minimum Gasteiger partial charge on any atom is -0.508 e. The maximum atomic E-state index is 9.61. The van der Waals surface area contributed by atoms with E-state index in [1.807, 2.05) is 23.7 Å². The van der Waals surface area contributed by atoms with Gasteiger partial charge in [-0.1, -0.05) is 23.4 Å². The molecule has 1 unspecified atom stereocenters. The highest BCUT2D eigenvalue weighted by molar-refractivity contribution is 5.74. The monoisotopic (exact) mass is 387 g/mol. The third-order valence-corrected chi connectivity index (χ3v) is 5.86. The third-order valence-electron chi connectivity index (χ3n) is 5.86. The average Bonchev–Trinajstić information content (AvgIpc) is 3.05. The van der Waals surface area contributed by atoms with Gasteiger partial charge in [0.05, 0.1) is 17.4 Å². The number of phenols is 1. The fraction of sp³-hybridized carbons (Fsp3) is 0.304. The van der Waals surface area contributed by atoms with E-state index in [2.05, 4.69) is 45.2 Å². The standard InChI is InChI=1S/C23H25N5O/c1-15-23-20-7-2-17(16-8-11-24-12-9-16)14-21(20)22(10-13-28(23)27-26-15)25-18-3-5-19(29)6-4-18/h2-8,14,22,24-25,29H,9-13H2,1H3. The summed E-state index contributed by atoms with van der Waals surface area (Å²) in [7, 11) is 0. The molecule has 0 aliphatic carbocycles. The number of nitrogens with zero attached hydrogens (tertiary/aromatic N) is 3. The van der Waals surface area contributed by atoms with Crippen LogP contribution in [0.5, 0.6) is 5.75 Å². The van der Waals surface area contributed by atoms with Gasteiger partial charge >= 0.3 is 0 Å². The van der Waals surface area contributed by atoms with Gasteiger partial charge in [0.25, 0.3) is 0 Å². The van der Waals surface area contributed by atoms with E-state index in [4.69, 9.17) is 0 Å². The number of nitrogens with one attached hydrogen (secondary N) is 2. The van der Waals surface area contributed by atoms with E-state index >= 15 is 0 Å². The first kappa shape index (κ1) is 17.9. The highest BCUT2D eigenvalue weighted by atomic mass is 16.3. The van der Waals surface area contributed by atoms with Gasteiger partial charge in [-0.15, -0.1) is 5.10 Å². The summed E-state index contributed by atoms with van der Waals surface area (Å²) >= 11 is 0. The first-order valence-electron chi connectivity index (χ1n) is 10.2. The smallest absolute Gasteiger partial charge is 0.115 e. The lowest BCUT2D eigenvalue weighted by molar-refractivity contribution is 0.475. The molecular formula is C23H25N5O. The number of hydrogen-bond acceptors (Lipinski definition) is 5. The molecular weight excluding hydrogens is 362 g/mol. The van der Waals surface area contributed by atoms with Crippen LogP contribution in [0.4, 0.5) is 5.69 Å². The SMILES string of the molecule is Cc1nnn2c1-c1ccc(C3=CCNCC3)cc1C(Nc1ccc(O)cc1)CC2. The fourth-order valence-corrected chi connectivity index (χ4v) is 4.36. The van der Waals surface area contributed by atoms with Gasteiger partial charge in [-0.05, 0) is 73.3 Å². The van der Waals surface area contributed by atoms with Crippen molar-refractivity contribution in [3.8, 4) is 17.0 Å². The van der Waals surface area contributed by atoms with Gasteiger partial charge in [0, 0.05) is 24.3 Å². The van der Waals surface area contributed by atoms with Gasteiger partial charge in [0.2, 0.25) is 0 Å². The van der Waals surface area contributed by atoms with E-state index in [-0.39, 0.29) is 11.8 Å². The zero-order valence-electron chi connectivity index (χ0n) is 16.5. The van der Waals surface area contributed by atoms with Crippen LogP contribution in [0.15, 0.2) is 48.5 Å². The summed E-state index contributed by atoms with van der Waals surface area (Å²) in [5.41, 5.74) is 8.24. The van der Waals surface area contributed by atoms with Gasteiger partial charge < -0.3 is 15.7 Å². The van der Waals surface area contributed by atoms with Gasteiger partial charge in [-0.3, -0.25) is 0 Å². The van der Waals surface area contributed by atoms with Crippen LogP contribution in [0, 0.1) is 6.92 Å². The third kappa shape index (κ3) is 3.40. The van der Waals surface area contributed by atoms with Gasteiger partial charge in [0.1, 0.15) is 5.75 Å². The van der Waals surface area contributed by atoms with Crippen LogP contribution < -0.4 is 10.6 Å². The molecule has 29 heavy (non-hydrogen) atoms. The molecule has 0 spiro atoms. The molecule has 6 nitrogen and oxygen atoms in total. The molecule has 0 bridgehead atoms. The van der Waals surface area contributed by atoms with Gasteiger partial charge in [0.15, 0.2) is 0 Å². The molecule has 0 saturated heterocycles. The molecule has 5 rings (SSSR count). The first-order chi connectivity index (χ1) is 14.2. The molecule has 0 amide bonds. The number of phenolic OH excluding ortho intramolecular Hbond substituents is 1. The van der Waals surface area contributed by atoms with Crippen molar-refractivity contribution in [2.75, 3.05) is 18.4 Å². The summed E-state index contributed by atoms with van der Waals surface area (Å²) in [4.78, 5) is 0. The molecule has 0 fully saturated rings. The predicted octanol–water partition coefficient (Wildman–Crippen LogP) is 3.89. The van der Waals surface area contributed by atoms with Crippen LogP contribution in [-0.4, -0.2) is 33.2 Å². The molecule has 1 aromatic heterocycles. The molecule has 2 aliphatic rings. The Bertz CT molecular complexity index is 1070. The lowest BCUT2D eigenvalue weighted by Gasteiger charge is -2.22. The van der Waals surface area contributed by atoms with Crippen molar-refractivity contribution >= 4 is 11.3 Å². The topological polar surface area (TPSA) is 75.0 Å². The highest BCUT2D eigenvalue weighted by Gasteiger charge is 2.26. The first-order valence-corrected chi connectivity index (χ1v) is 10.2. The average molecular weight is 387 g/mol. The van der Waals surface area contributed by atoms with E-state index in [0.29, 0.717) is 0 Å². The normalized spacial score (nSPS) is 18.4. The van der Waals surface area contributed by atoms with E-state index in [0.717, 1.165) is 49.6 Å². The van der Waals surface area contributed by atoms with Crippen LogP contribution in [0.2, 0.25) is 0 Å². The Morgan fingerprint density at radius 2 is 2.03 bits per heavy atom. The Morgan fingerprint density at radius 3 is 2.83 bits per heavy atom. The minimum atomic E-state index is 0.151. The maximum Gasteiger partial charge on any atom is 0.115 e. The zero-order valence-corrected chi connectivity index (χ0v) is 16.5. The lowest BCUT2D eigenvalue weighted by atomic mass is 9.90. The number of aryl methyl sites for hydroxylation is 2. The van der Waals surface area contributed by atoms with Crippen LogP contribution in [0.25, 0.3) is 16.8 Å². The summed E-state index contributed by atoms with van der Waals surface area (Å²) in [5.74, 6) is 0.277. The minimum absolute atomic E-state index is 0.151. The summed E-state index contributed by atoms with van der Waals surface area (Å²) in [5, 5.41) is 25.4. The van der Waals surface area contributed by atoms with Crippen molar-refractivity contribution in [1.82, 2.24) is 20.3 Å². The molecule has 1 atom stereocenters. The van der Waals surface area contributed by atoms with Crippen molar-refractivity contribution in [1.29, 1.82) is 0 Å². The van der Waals surface area contributed by atoms with E-state index in [1.54, 1.807) is 12.1 Å². The van der Waals surface area contributed by atoms with Crippen molar-refractivity contribution in [2.45, 2.75) is 32.4 Å². The second-order valence-corrected chi connectivity index (χ2v) is 7.76. The zero-order chi connectivity index (χ0) is 19.8. The van der Waals surface area contributed by atoms with Crippen LogP contribution >= 0.6 is 0 Å². The van der Waals surface area contributed by atoms with Crippen molar-refractivity contribution in [2.24, 2.45) is 0 Å². The Hall–Kier alpha value is -3.12. The van der Waals surface area contributed by atoms with Crippen molar-refractivity contribution < 1.29 is 5.11 Å². The van der Waals surface area contributed by atoms with Gasteiger partial charge in [-0.2, -0.15) is 0 Å². The summed E-state index contributed by atoms with van der Waals surface area (Å²) in [6.07, 6.45) is 4.25. The number of aromatic nitrogens is 3. The number of rotatable bonds is 3. The second-order valence-electron chi connectivity index (χ2n) is 7.76. The van der Waals surface area contributed by atoms with Crippen molar-refractivity contribution in [3.05, 3.63) is 65.4 Å². The van der Waals surface area contributed by atoms with Gasteiger partial charge in [-0.25, -0.2) is 4.68 Å². The number of benzene rings is 2. The largest absolute Gasteiger partial charge is 0.508 e. The molecule has 2 aliphatic heterocycles. The van der Waals surface area contributed by atoms with Crippen molar-refractivity contribution in [3.63, 3.8) is 0 Å². The summed E-state index contributed by atoms with van der Waals surface area (Å²) in [6, 6.07) is 14.2. The summed E-state index contributed by atoms with van der Waals surface area (Å²) < 4.78 is 2.02. The molecule has 0 saturated carbocycles. The van der Waals surface area contributed by atoms with E-state index in [1.165, 1.54) is 22.3 Å². The quantitative estimate of drug-likeness (QED) is 0.595. The van der Waals surface area contributed by atoms with Crippen LogP contribution in [0.3, 0.4) is 0 Å². The Balaban J connectivity index is 1.59. The molecule has 2 aromatic carbocycles. The van der Waals surface area contributed by atoms with E-state index < -0.39 is 0 Å². The molecule has 3 N–H and O–H groups in total. The molecule has 3 heterocycles.